The van der Waals surface area contributed by atoms with Gasteiger partial charge in [0, 0.05) is 5.56 Å². The number of hydrogen-bond donors (Lipinski definition) is 1. The Hall–Kier alpha value is -2.44. The number of nitrogens with one attached hydrogen (secondary N) is 1. The van der Waals surface area contributed by atoms with Crippen molar-refractivity contribution in [3.05, 3.63) is 53.1 Å². The summed E-state index contributed by atoms with van der Waals surface area (Å²) in [5.74, 6) is 0.854. The standard InChI is InChI=1S/C24H31N3O2S/c1-6-26(7-2)13-14-27(23(28)20-15-17(4)9-10-18(20)5)24-25-21-12-11-19(29-8-3)16-22(21)30-24/h9-12,15-16H,6-8,13-14H2,1-5H3/p+1. The number of likely N-dealkylation sites (N-methyl/N-ethyl adjacent to an activating group) is 1. The van der Waals surface area contributed by atoms with Gasteiger partial charge in [0.05, 0.1) is 43.0 Å². The van der Waals surface area contributed by atoms with Crippen LogP contribution in [0.1, 0.15) is 42.3 Å². The highest BCUT2D eigenvalue weighted by atomic mass is 32.1. The van der Waals surface area contributed by atoms with Gasteiger partial charge < -0.3 is 9.64 Å². The largest absolute Gasteiger partial charge is 0.494 e. The van der Waals surface area contributed by atoms with Crippen molar-refractivity contribution in [1.82, 2.24) is 4.98 Å². The third-order valence-electron chi connectivity index (χ3n) is 5.45. The summed E-state index contributed by atoms with van der Waals surface area (Å²) < 4.78 is 6.66. The van der Waals surface area contributed by atoms with Crippen molar-refractivity contribution in [2.24, 2.45) is 0 Å². The second-order valence-corrected chi connectivity index (χ2v) is 8.55. The van der Waals surface area contributed by atoms with Crippen molar-refractivity contribution in [2.75, 3.05) is 37.7 Å². The number of fused-ring (bicyclic) bond motifs is 1. The Kier molecular flexibility index (Phi) is 7.45. The minimum atomic E-state index is 0.0202. The number of carbonyl (C=O) groups excluding carboxylic acids is 1. The number of ether oxygens (including phenoxy) is 1. The first-order valence-corrected chi connectivity index (χ1v) is 11.5. The number of nitrogens with zero attached hydrogens (tertiary/aromatic N) is 2. The molecule has 0 saturated heterocycles. The van der Waals surface area contributed by atoms with Gasteiger partial charge in [-0.2, -0.15) is 0 Å². The zero-order chi connectivity index (χ0) is 21.7. The highest BCUT2D eigenvalue weighted by Gasteiger charge is 2.24. The van der Waals surface area contributed by atoms with Crippen molar-refractivity contribution in [2.45, 2.75) is 34.6 Å². The zero-order valence-electron chi connectivity index (χ0n) is 18.6. The highest BCUT2D eigenvalue weighted by molar-refractivity contribution is 7.22. The number of aryl methyl sites for hydroxylation is 2. The van der Waals surface area contributed by atoms with Gasteiger partial charge in [0.1, 0.15) is 5.75 Å². The SMILES string of the molecule is CCOc1ccc2nc(N(CC[NH+](CC)CC)C(=O)c3cc(C)ccc3C)sc2c1. The first kappa shape index (κ1) is 22.2. The fraction of sp³-hybridized carbons (Fsp3) is 0.417. The summed E-state index contributed by atoms with van der Waals surface area (Å²) in [5.41, 5.74) is 3.72. The molecule has 6 heteroatoms. The Morgan fingerprint density at radius 2 is 1.87 bits per heavy atom. The average Bonchev–Trinajstić information content (AvgIpc) is 3.16. The second-order valence-electron chi connectivity index (χ2n) is 7.54. The number of amides is 1. The zero-order valence-corrected chi connectivity index (χ0v) is 19.4. The van der Waals surface area contributed by atoms with Gasteiger partial charge in [-0.3, -0.25) is 9.69 Å². The lowest BCUT2D eigenvalue weighted by molar-refractivity contribution is -0.894. The van der Waals surface area contributed by atoms with E-state index in [0.717, 1.165) is 57.4 Å². The van der Waals surface area contributed by atoms with Gasteiger partial charge >= 0.3 is 0 Å². The molecule has 3 rings (SSSR count). The molecule has 1 amide bonds. The number of thiazole rings is 1. The Morgan fingerprint density at radius 3 is 2.57 bits per heavy atom. The number of rotatable bonds is 9. The molecule has 0 saturated carbocycles. The molecule has 2 aromatic carbocycles. The lowest BCUT2D eigenvalue weighted by Crippen LogP contribution is -3.12. The molecule has 0 radical (unpaired) electrons. The predicted molar refractivity (Wildman–Crippen MR) is 125 cm³/mol. The normalized spacial score (nSPS) is 11.3. The van der Waals surface area contributed by atoms with E-state index in [9.17, 15) is 4.79 Å². The minimum absolute atomic E-state index is 0.0202. The highest BCUT2D eigenvalue weighted by Crippen LogP contribution is 2.32. The van der Waals surface area contributed by atoms with Crippen molar-refractivity contribution in [3.8, 4) is 5.75 Å². The van der Waals surface area contributed by atoms with E-state index in [1.165, 1.54) is 4.90 Å². The lowest BCUT2D eigenvalue weighted by Gasteiger charge is -2.23. The van der Waals surface area contributed by atoms with E-state index in [1.807, 2.05) is 62.1 Å². The van der Waals surface area contributed by atoms with Crippen LogP contribution < -0.4 is 14.5 Å². The van der Waals surface area contributed by atoms with E-state index in [2.05, 4.69) is 13.8 Å². The Labute approximate surface area is 183 Å². The maximum absolute atomic E-state index is 13.6. The van der Waals surface area contributed by atoms with Crippen LogP contribution in [-0.4, -0.2) is 43.7 Å². The van der Waals surface area contributed by atoms with Crippen molar-refractivity contribution in [3.63, 3.8) is 0 Å². The van der Waals surface area contributed by atoms with Crippen LogP contribution in [-0.2, 0) is 0 Å². The van der Waals surface area contributed by atoms with E-state index < -0.39 is 0 Å². The summed E-state index contributed by atoms with van der Waals surface area (Å²) in [4.78, 5) is 21.7. The fourth-order valence-electron chi connectivity index (χ4n) is 3.53. The molecule has 0 unspecified atom stereocenters. The molecular weight excluding hydrogens is 394 g/mol. The van der Waals surface area contributed by atoms with Crippen LogP contribution in [0.25, 0.3) is 10.2 Å². The van der Waals surface area contributed by atoms with Gasteiger partial charge in [-0.05, 0) is 64.4 Å². The quantitative estimate of drug-likeness (QED) is 0.565. The van der Waals surface area contributed by atoms with Crippen LogP contribution in [0.4, 0.5) is 5.13 Å². The summed E-state index contributed by atoms with van der Waals surface area (Å²) in [6.07, 6.45) is 0. The third kappa shape index (κ3) is 4.99. The molecular formula is C24H32N3O2S+. The van der Waals surface area contributed by atoms with Crippen LogP contribution in [0, 0.1) is 13.8 Å². The van der Waals surface area contributed by atoms with Crippen molar-refractivity contribution < 1.29 is 14.4 Å². The molecule has 0 bridgehead atoms. The average molecular weight is 427 g/mol. The maximum atomic E-state index is 13.6. The minimum Gasteiger partial charge on any atom is -0.494 e. The number of aromatic nitrogens is 1. The summed E-state index contributed by atoms with van der Waals surface area (Å²) >= 11 is 1.55. The number of carbonyl (C=O) groups is 1. The van der Waals surface area contributed by atoms with Crippen LogP contribution in [0.2, 0.25) is 0 Å². The summed E-state index contributed by atoms with van der Waals surface area (Å²) in [5, 5.41) is 0.746. The third-order valence-corrected chi connectivity index (χ3v) is 6.49. The molecule has 0 aliphatic heterocycles. The van der Waals surface area contributed by atoms with Gasteiger partial charge in [-0.1, -0.05) is 29.0 Å². The van der Waals surface area contributed by atoms with E-state index >= 15 is 0 Å². The van der Waals surface area contributed by atoms with E-state index in [0.29, 0.717) is 13.2 Å². The number of benzene rings is 2. The molecule has 30 heavy (non-hydrogen) atoms. The molecule has 1 N–H and O–H groups in total. The number of hydrogen-bond acceptors (Lipinski definition) is 4. The summed E-state index contributed by atoms with van der Waals surface area (Å²) in [7, 11) is 0. The summed E-state index contributed by atoms with van der Waals surface area (Å²) in [6, 6.07) is 12.0. The number of quaternary nitrogens is 1. The van der Waals surface area contributed by atoms with Gasteiger partial charge in [0.15, 0.2) is 5.13 Å². The molecule has 1 heterocycles. The Morgan fingerprint density at radius 1 is 1.10 bits per heavy atom. The smallest absolute Gasteiger partial charge is 0.260 e. The molecule has 0 fully saturated rings. The maximum Gasteiger partial charge on any atom is 0.260 e. The van der Waals surface area contributed by atoms with Gasteiger partial charge in [-0.25, -0.2) is 4.98 Å². The van der Waals surface area contributed by atoms with Crippen molar-refractivity contribution in [1.29, 1.82) is 0 Å². The molecule has 3 aromatic rings. The first-order valence-electron chi connectivity index (χ1n) is 10.7. The monoisotopic (exact) mass is 426 g/mol. The predicted octanol–water partition coefficient (Wildman–Crippen LogP) is 3.88. The van der Waals surface area contributed by atoms with Gasteiger partial charge in [0.2, 0.25) is 0 Å². The van der Waals surface area contributed by atoms with E-state index in [4.69, 9.17) is 9.72 Å². The van der Waals surface area contributed by atoms with Crippen molar-refractivity contribution >= 4 is 32.6 Å². The molecule has 5 nitrogen and oxygen atoms in total. The van der Waals surface area contributed by atoms with Gasteiger partial charge in [0.25, 0.3) is 5.91 Å². The Bertz CT molecular complexity index is 1010. The van der Waals surface area contributed by atoms with Crippen LogP contribution in [0.3, 0.4) is 0 Å². The van der Waals surface area contributed by atoms with Crippen LogP contribution in [0.15, 0.2) is 36.4 Å². The molecule has 0 spiro atoms. The molecule has 160 valence electrons. The van der Waals surface area contributed by atoms with E-state index in [-0.39, 0.29) is 5.91 Å². The summed E-state index contributed by atoms with van der Waals surface area (Å²) in [6.45, 7) is 14.6. The fourth-order valence-corrected chi connectivity index (χ4v) is 4.55. The van der Waals surface area contributed by atoms with E-state index in [1.54, 1.807) is 11.3 Å². The molecule has 0 aliphatic carbocycles. The van der Waals surface area contributed by atoms with Crippen LogP contribution in [0.5, 0.6) is 5.75 Å². The Balaban J connectivity index is 1.99. The number of anilines is 1. The van der Waals surface area contributed by atoms with Crippen LogP contribution >= 0.6 is 11.3 Å². The molecule has 1 aromatic heterocycles. The molecule has 0 aliphatic rings. The molecule has 0 atom stereocenters. The second kappa shape index (κ2) is 10.0. The lowest BCUT2D eigenvalue weighted by atomic mass is 10.0. The first-order chi connectivity index (χ1) is 14.5. The van der Waals surface area contributed by atoms with Gasteiger partial charge in [-0.15, -0.1) is 0 Å². The topological polar surface area (TPSA) is 46.9 Å².